The maximum Gasteiger partial charge on any atom is 0.408 e. The molecule has 36 heavy (non-hydrogen) atoms. The highest BCUT2D eigenvalue weighted by Crippen LogP contribution is 2.24. The normalized spacial score (nSPS) is 13.1. The van der Waals surface area contributed by atoms with E-state index in [1.807, 2.05) is 44.2 Å². The lowest BCUT2D eigenvalue weighted by atomic mass is 9.98. The fourth-order valence-corrected chi connectivity index (χ4v) is 4.03. The molecule has 7 nitrogen and oxygen atoms in total. The lowest BCUT2D eigenvalue weighted by molar-refractivity contribution is -0.143. The van der Waals surface area contributed by atoms with Gasteiger partial charge in [-0.15, -0.1) is 0 Å². The Labute approximate surface area is 218 Å². The number of rotatable bonds is 15. The zero-order valence-corrected chi connectivity index (χ0v) is 23.6. The zero-order valence-electron chi connectivity index (χ0n) is 23.6. The van der Waals surface area contributed by atoms with E-state index in [0.29, 0.717) is 19.5 Å². The van der Waals surface area contributed by atoms with E-state index in [4.69, 9.17) is 4.74 Å². The van der Waals surface area contributed by atoms with Gasteiger partial charge in [0.05, 0.1) is 0 Å². The summed E-state index contributed by atoms with van der Waals surface area (Å²) in [5, 5.41) is 5.85. The van der Waals surface area contributed by atoms with Crippen LogP contribution in [0.4, 0.5) is 4.79 Å². The van der Waals surface area contributed by atoms with Crippen LogP contribution in [0.1, 0.15) is 105 Å². The van der Waals surface area contributed by atoms with E-state index in [1.165, 1.54) is 0 Å². The van der Waals surface area contributed by atoms with Gasteiger partial charge < -0.3 is 20.3 Å². The summed E-state index contributed by atoms with van der Waals surface area (Å²) >= 11 is 0. The molecule has 0 aliphatic heterocycles. The van der Waals surface area contributed by atoms with Crippen molar-refractivity contribution >= 4 is 17.9 Å². The summed E-state index contributed by atoms with van der Waals surface area (Å²) in [6, 6.07) is 7.87. The van der Waals surface area contributed by atoms with E-state index in [0.717, 1.165) is 44.1 Å². The van der Waals surface area contributed by atoms with Gasteiger partial charge in [-0.1, -0.05) is 83.7 Å². The molecule has 1 aromatic carbocycles. The number of alkyl carbamates (subject to hydrolysis) is 1. The van der Waals surface area contributed by atoms with Gasteiger partial charge in [-0.25, -0.2) is 4.79 Å². The highest BCUT2D eigenvalue weighted by atomic mass is 16.6. The first-order valence-electron chi connectivity index (χ1n) is 13.6. The zero-order chi connectivity index (χ0) is 27.1. The minimum absolute atomic E-state index is 0.157. The maximum absolute atomic E-state index is 14.0. The first kappa shape index (κ1) is 31.5. The van der Waals surface area contributed by atoms with Crippen LogP contribution in [0.25, 0.3) is 0 Å². The summed E-state index contributed by atoms with van der Waals surface area (Å²) in [7, 11) is 0. The van der Waals surface area contributed by atoms with Crippen molar-refractivity contribution in [2.75, 3.05) is 13.1 Å². The molecule has 0 saturated carbocycles. The monoisotopic (exact) mass is 503 g/mol. The lowest BCUT2D eigenvalue weighted by Crippen LogP contribution is -2.53. The minimum atomic E-state index is -0.791. The summed E-state index contributed by atoms with van der Waals surface area (Å²) in [5.74, 6) is -0.296. The fourth-order valence-electron chi connectivity index (χ4n) is 4.03. The van der Waals surface area contributed by atoms with Gasteiger partial charge in [0.15, 0.2) is 0 Å². The highest BCUT2D eigenvalue weighted by molar-refractivity contribution is 5.92. The van der Waals surface area contributed by atoms with Crippen LogP contribution in [0.3, 0.4) is 0 Å². The van der Waals surface area contributed by atoms with E-state index in [2.05, 4.69) is 24.5 Å². The van der Waals surface area contributed by atoms with Crippen LogP contribution in [-0.2, 0) is 14.3 Å². The first-order chi connectivity index (χ1) is 17.0. The Morgan fingerprint density at radius 3 is 2.11 bits per heavy atom. The molecule has 0 aromatic heterocycles. The van der Waals surface area contributed by atoms with Crippen molar-refractivity contribution in [3.63, 3.8) is 0 Å². The van der Waals surface area contributed by atoms with Gasteiger partial charge in [-0.05, 0) is 51.5 Å². The molecule has 3 amide bonds. The predicted octanol–water partition coefficient (Wildman–Crippen LogP) is 5.99. The van der Waals surface area contributed by atoms with E-state index in [1.54, 1.807) is 25.7 Å². The topological polar surface area (TPSA) is 87.7 Å². The molecule has 1 rings (SSSR count). The lowest BCUT2D eigenvalue weighted by Gasteiger charge is -2.35. The van der Waals surface area contributed by atoms with Gasteiger partial charge in [0.2, 0.25) is 11.8 Å². The second kappa shape index (κ2) is 16.2. The van der Waals surface area contributed by atoms with Gasteiger partial charge in [0, 0.05) is 13.1 Å². The molecule has 0 heterocycles. The van der Waals surface area contributed by atoms with Crippen molar-refractivity contribution in [1.82, 2.24) is 15.5 Å². The van der Waals surface area contributed by atoms with Crippen LogP contribution in [0.2, 0.25) is 0 Å². The molecule has 0 aliphatic rings. The number of hydrogen-bond acceptors (Lipinski definition) is 4. The van der Waals surface area contributed by atoms with Crippen LogP contribution >= 0.6 is 0 Å². The van der Waals surface area contributed by atoms with Crippen molar-refractivity contribution in [2.24, 2.45) is 5.92 Å². The third-order valence-corrected chi connectivity index (χ3v) is 5.74. The summed E-state index contributed by atoms with van der Waals surface area (Å²) < 4.78 is 5.45. The van der Waals surface area contributed by atoms with Crippen LogP contribution in [0, 0.1) is 5.92 Å². The Morgan fingerprint density at radius 1 is 0.944 bits per heavy atom. The number of carbonyl (C=O) groups is 3. The van der Waals surface area contributed by atoms with Gasteiger partial charge in [-0.2, -0.15) is 0 Å². The Kier molecular flexibility index (Phi) is 14.2. The molecule has 2 atom stereocenters. The number of nitrogens with zero attached hydrogens (tertiary/aromatic N) is 1. The summed E-state index contributed by atoms with van der Waals surface area (Å²) in [5.41, 5.74) is 0.0808. The minimum Gasteiger partial charge on any atom is -0.444 e. The van der Waals surface area contributed by atoms with Gasteiger partial charge >= 0.3 is 6.09 Å². The van der Waals surface area contributed by atoms with E-state index < -0.39 is 23.8 Å². The molecular formula is C29H49N3O4. The third-order valence-electron chi connectivity index (χ3n) is 5.74. The number of hydrogen-bond donors (Lipinski definition) is 2. The summed E-state index contributed by atoms with van der Waals surface area (Å²) in [6.07, 6.45) is 5.51. The largest absolute Gasteiger partial charge is 0.444 e. The molecular weight excluding hydrogens is 454 g/mol. The Hall–Kier alpha value is -2.57. The molecule has 204 valence electrons. The SMILES string of the molecule is CCCCCNC(=O)C(c1ccccc1)N(CCCCC)C(=O)C(CC(C)C)NC(=O)OC(C)(C)C. The fraction of sp³-hybridized carbons (Fsp3) is 0.690. The number of unbranched alkanes of at least 4 members (excludes halogenated alkanes) is 4. The van der Waals surface area contributed by atoms with E-state index in [-0.39, 0.29) is 17.7 Å². The van der Waals surface area contributed by atoms with Crippen LogP contribution in [0.5, 0.6) is 0 Å². The van der Waals surface area contributed by atoms with Crippen molar-refractivity contribution in [3.8, 4) is 0 Å². The molecule has 0 saturated heterocycles. The third kappa shape index (κ3) is 11.9. The Balaban J connectivity index is 3.34. The van der Waals surface area contributed by atoms with Crippen LogP contribution < -0.4 is 10.6 Å². The van der Waals surface area contributed by atoms with Crippen molar-refractivity contribution in [3.05, 3.63) is 35.9 Å². The maximum atomic E-state index is 14.0. The second-order valence-electron chi connectivity index (χ2n) is 10.9. The predicted molar refractivity (Wildman–Crippen MR) is 146 cm³/mol. The van der Waals surface area contributed by atoms with E-state index >= 15 is 0 Å². The first-order valence-corrected chi connectivity index (χ1v) is 13.6. The van der Waals surface area contributed by atoms with Crippen molar-refractivity contribution in [1.29, 1.82) is 0 Å². The molecule has 0 radical (unpaired) electrons. The number of carbonyl (C=O) groups excluding carboxylic acids is 3. The Morgan fingerprint density at radius 2 is 1.56 bits per heavy atom. The van der Waals surface area contributed by atoms with Crippen molar-refractivity contribution < 1.29 is 19.1 Å². The van der Waals surface area contributed by atoms with Gasteiger partial charge in [0.1, 0.15) is 17.7 Å². The number of benzene rings is 1. The summed E-state index contributed by atoms with van der Waals surface area (Å²) in [4.78, 5) is 41.9. The number of amides is 3. The molecule has 1 aromatic rings. The van der Waals surface area contributed by atoms with Crippen molar-refractivity contribution in [2.45, 2.75) is 111 Å². The van der Waals surface area contributed by atoms with E-state index in [9.17, 15) is 14.4 Å². The standard InChI is InChI=1S/C29H49N3O4/c1-8-10-15-19-30-26(33)25(23-17-13-12-14-18-23)32(20-16-11-9-2)27(34)24(21-22(3)4)31-28(35)36-29(5,6)7/h12-14,17-18,22,24-25H,8-11,15-16,19-21H2,1-7H3,(H,30,33)(H,31,35). The smallest absolute Gasteiger partial charge is 0.408 e. The van der Waals surface area contributed by atoms with Gasteiger partial charge in [0.25, 0.3) is 0 Å². The number of ether oxygens (including phenoxy) is 1. The second-order valence-corrected chi connectivity index (χ2v) is 10.9. The molecule has 2 unspecified atom stereocenters. The van der Waals surface area contributed by atoms with Crippen LogP contribution in [-0.4, -0.2) is 47.5 Å². The molecule has 0 bridgehead atoms. The average molecular weight is 504 g/mol. The number of nitrogens with one attached hydrogen (secondary N) is 2. The molecule has 7 heteroatoms. The Bertz CT molecular complexity index is 789. The molecule has 2 N–H and O–H groups in total. The molecule has 0 fully saturated rings. The quantitative estimate of drug-likeness (QED) is 0.288. The highest BCUT2D eigenvalue weighted by Gasteiger charge is 2.36. The summed E-state index contributed by atoms with van der Waals surface area (Å²) in [6.45, 7) is 14.6. The molecule has 0 spiro atoms. The average Bonchev–Trinajstić information content (AvgIpc) is 2.79. The van der Waals surface area contributed by atoms with Gasteiger partial charge in [-0.3, -0.25) is 9.59 Å². The molecule has 0 aliphatic carbocycles. The van der Waals surface area contributed by atoms with Crippen LogP contribution in [0.15, 0.2) is 30.3 Å².